The highest BCUT2D eigenvalue weighted by Gasteiger charge is 2.30. The molecule has 0 amide bonds. The Bertz CT molecular complexity index is 863. The van der Waals surface area contributed by atoms with Crippen molar-refractivity contribution >= 4 is 0 Å². The molecule has 8 heteroatoms. The lowest BCUT2D eigenvalue weighted by atomic mass is 9.91. The summed E-state index contributed by atoms with van der Waals surface area (Å²) in [6.45, 7) is 2.12. The van der Waals surface area contributed by atoms with Crippen molar-refractivity contribution in [2.24, 2.45) is 0 Å². The van der Waals surface area contributed by atoms with E-state index in [1.165, 1.54) is 24.8 Å². The van der Waals surface area contributed by atoms with Crippen LogP contribution in [0.5, 0.6) is 11.5 Å². The van der Waals surface area contributed by atoms with Crippen molar-refractivity contribution in [2.45, 2.75) is 31.7 Å². The Morgan fingerprint density at radius 2 is 1.52 bits per heavy atom. The van der Waals surface area contributed by atoms with Crippen LogP contribution in [-0.4, -0.2) is 19.9 Å². The van der Waals surface area contributed by atoms with Gasteiger partial charge in [0.15, 0.2) is 0 Å². The number of hydrogen-bond acceptors (Lipinski definition) is 4. The third-order valence-corrected chi connectivity index (χ3v) is 4.28. The molecule has 1 heterocycles. The molecule has 0 saturated heterocycles. The highest BCUT2D eigenvalue weighted by molar-refractivity contribution is 5.36. The number of hydrogen-bond donors (Lipinski definition) is 1. The molecule has 3 rings (SSSR count). The molecule has 0 aliphatic heterocycles. The number of ether oxygens (including phenoxy) is 1. The SMILES string of the molecule is CCC(O)(Cn1cncn1)c1ccc(Oc2ccc(C(F)(F)F)cc2)cc1. The number of aliphatic hydroxyl groups is 1. The van der Waals surface area contributed by atoms with Crippen LogP contribution in [0.25, 0.3) is 0 Å². The van der Waals surface area contributed by atoms with E-state index in [9.17, 15) is 18.3 Å². The second-order valence-electron chi connectivity index (χ2n) is 6.13. The van der Waals surface area contributed by atoms with Crippen LogP contribution < -0.4 is 4.74 Å². The van der Waals surface area contributed by atoms with Gasteiger partial charge in [0.2, 0.25) is 0 Å². The summed E-state index contributed by atoms with van der Waals surface area (Å²) in [4.78, 5) is 3.87. The second-order valence-corrected chi connectivity index (χ2v) is 6.13. The summed E-state index contributed by atoms with van der Waals surface area (Å²) in [6, 6.07) is 11.2. The Balaban J connectivity index is 1.72. The van der Waals surface area contributed by atoms with Crippen LogP contribution in [0.1, 0.15) is 24.5 Å². The van der Waals surface area contributed by atoms with E-state index in [0.717, 1.165) is 12.1 Å². The number of rotatable bonds is 6. The predicted octanol–water partition coefficient (Wildman–Crippen LogP) is 4.39. The second kappa shape index (κ2) is 7.40. The van der Waals surface area contributed by atoms with Crippen LogP contribution in [0.2, 0.25) is 0 Å². The Kier molecular flexibility index (Phi) is 5.18. The van der Waals surface area contributed by atoms with Crippen LogP contribution in [0.4, 0.5) is 13.2 Å². The Morgan fingerprint density at radius 1 is 0.963 bits per heavy atom. The Morgan fingerprint density at radius 3 is 1.96 bits per heavy atom. The monoisotopic (exact) mass is 377 g/mol. The first-order valence-electron chi connectivity index (χ1n) is 8.30. The first-order valence-corrected chi connectivity index (χ1v) is 8.30. The highest BCUT2D eigenvalue weighted by Crippen LogP contribution is 2.32. The van der Waals surface area contributed by atoms with Gasteiger partial charge < -0.3 is 9.84 Å². The zero-order chi connectivity index (χ0) is 19.5. The van der Waals surface area contributed by atoms with E-state index in [0.29, 0.717) is 23.5 Å². The molecule has 1 aromatic heterocycles. The number of aromatic nitrogens is 3. The molecule has 27 heavy (non-hydrogen) atoms. The molecule has 0 saturated carbocycles. The molecule has 3 aromatic rings. The molecule has 0 aliphatic carbocycles. The molecule has 0 bridgehead atoms. The molecular formula is C19H18F3N3O2. The maximum atomic E-state index is 12.6. The molecule has 142 valence electrons. The fraction of sp³-hybridized carbons (Fsp3) is 0.263. The fourth-order valence-corrected chi connectivity index (χ4v) is 2.67. The largest absolute Gasteiger partial charge is 0.457 e. The molecule has 1 atom stereocenters. The van der Waals surface area contributed by atoms with E-state index < -0.39 is 17.3 Å². The number of nitrogens with zero attached hydrogens (tertiary/aromatic N) is 3. The van der Waals surface area contributed by atoms with Gasteiger partial charge in [-0.3, -0.25) is 0 Å². The van der Waals surface area contributed by atoms with E-state index in [1.54, 1.807) is 28.9 Å². The minimum atomic E-state index is -4.38. The van der Waals surface area contributed by atoms with Crippen molar-refractivity contribution in [3.63, 3.8) is 0 Å². The molecule has 1 N–H and O–H groups in total. The minimum absolute atomic E-state index is 0.253. The third kappa shape index (κ3) is 4.46. The van der Waals surface area contributed by atoms with Crippen molar-refractivity contribution in [1.82, 2.24) is 14.8 Å². The molecule has 0 spiro atoms. The Labute approximate surface area is 154 Å². The molecule has 2 aromatic carbocycles. The highest BCUT2D eigenvalue weighted by atomic mass is 19.4. The summed E-state index contributed by atoms with van der Waals surface area (Å²) in [5.41, 5.74) is -1.17. The van der Waals surface area contributed by atoms with Crippen LogP contribution >= 0.6 is 0 Å². The zero-order valence-corrected chi connectivity index (χ0v) is 14.5. The fourth-order valence-electron chi connectivity index (χ4n) is 2.67. The first kappa shape index (κ1) is 18.9. The average molecular weight is 377 g/mol. The van der Waals surface area contributed by atoms with Gasteiger partial charge in [-0.25, -0.2) is 9.67 Å². The normalized spacial score (nSPS) is 14.0. The van der Waals surface area contributed by atoms with E-state index >= 15 is 0 Å². The maximum absolute atomic E-state index is 12.6. The van der Waals surface area contributed by atoms with Gasteiger partial charge in [0, 0.05) is 0 Å². The summed E-state index contributed by atoms with van der Waals surface area (Å²) in [5, 5.41) is 14.9. The average Bonchev–Trinajstić information content (AvgIpc) is 3.14. The molecule has 0 fully saturated rings. The third-order valence-electron chi connectivity index (χ3n) is 4.28. The predicted molar refractivity (Wildman–Crippen MR) is 92.2 cm³/mol. The van der Waals surface area contributed by atoms with Crippen LogP contribution in [-0.2, 0) is 18.3 Å². The van der Waals surface area contributed by atoms with Crippen molar-refractivity contribution < 1.29 is 23.0 Å². The summed E-state index contributed by atoms with van der Waals surface area (Å²) < 4.78 is 44.9. The molecule has 1 unspecified atom stereocenters. The van der Waals surface area contributed by atoms with Gasteiger partial charge in [-0.15, -0.1) is 0 Å². The summed E-state index contributed by atoms with van der Waals surface area (Å²) in [7, 11) is 0. The lowest BCUT2D eigenvalue weighted by molar-refractivity contribution is -0.137. The van der Waals surface area contributed by atoms with E-state index in [2.05, 4.69) is 10.1 Å². The zero-order valence-electron chi connectivity index (χ0n) is 14.5. The van der Waals surface area contributed by atoms with Gasteiger partial charge >= 0.3 is 6.18 Å². The minimum Gasteiger partial charge on any atom is -0.457 e. The Hall–Kier alpha value is -2.87. The maximum Gasteiger partial charge on any atom is 0.416 e. The van der Waals surface area contributed by atoms with Crippen molar-refractivity contribution in [1.29, 1.82) is 0 Å². The molecule has 0 aliphatic rings. The molecule has 5 nitrogen and oxygen atoms in total. The molecule has 0 radical (unpaired) electrons. The summed E-state index contributed by atoms with van der Waals surface area (Å²) in [5.74, 6) is 0.752. The van der Waals surface area contributed by atoms with Gasteiger partial charge in [-0.2, -0.15) is 18.3 Å². The lowest BCUT2D eigenvalue weighted by Gasteiger charge is -2.27. The van der Waals surface area contributed by atoms with Gasteiger partial charge in [0.1, 0.15) is 29.8 Å². The molecular weight excluding hydrogens is 359 g/mol. The summed E-state index contributed by atoms with van der Waals surface area (Å²) in [6.07, 6.45) is -0.985. The van der Waals surface area contributed by atoms with E-state index in [4.69, 9.17) is 4.74 Å². The quantitative estimate of drug-likeness (QED) is 0.692. The van der Waals surface area contributed by atoms with E-state index in [-0.39, 0.29) is 6.54 Å². The smallest absolute Gasteiger partial charge is 0.416 e. The van der Waals surface area contributed by atoms with Gasteiger partial charge in [0.05, 0.1) is 12.1 Å². The lowest BCUT2D eigenvalue weighted by Crippen LogP contribution is -2.30. The van der Waals surface area contributed by atoms with Crippen LogP contribution in [0.15, 0.2) is 61.2 Å². The van der Waals surface area contributed by atoms with Gasteiger partial charge in [-0.1, -0.05) is 19.1 Å². The summed E-state index contributed by atoms with van der Waals surface area (Å²) >= 11 is 0. The van der Waals surface area contributed by atoms with E-state index in [1.807, 2.05) is 6.92 Å². The van der Waals surface area contributed by atoms with Gasteiger partial charge in [-0.05, 0) is 48.4 Å². The van der Waals surface area contributed by atoms with Gasteiger partial charge in [0.25, 0.3) is 0 Å². The standard InChI is InChI=1S/C19H18F3N3O2/c1-2-18(26,11-25-13-23-12-24-25)14-3-7-16(8-4-14)27-17-9-5-15(6-10-17)19(20,21)22/h3-10,12-13,26H,2,11H2,1H3. The number of alkyl halides is 3. The first-order chi connectivity index (χ1) is 12.8. The number of benzene rings is 2. The van der Waals surface area contributed by atoms with Crippen LogP contribution in [0, 0.1) is 0 Å². The van der Waals surface area contributed by atoms with Crippen molar-refractivity contribution in [3.05, 3.63) is 72.3 Å². The topological polar surface area (TPSA) is 60.2 Å². The van der Waals surface area contributed by atoms with Crippen LogP contribution in [0.3, 0.4) is 0 Å². The number of halogens is 3. The van der Waals surface area contributed by atoms with Crippen molar-refractivity contribution in [2.75, 3.05) is 0 Å². The van der Waals surface area contributed by atoms with Crippen molar-refractivity contribution in [3.8, 4) is 11.5 Å².